The number of aliphatic hydroxyl groups is 1. The van der Waals surface area contributed by atoms with Crippen molar-refractivity contribution in [2.75, 3.05) is 13.6 Å². The molecule has 54 heavy (non-hydrogen) atoms. The van der Waals surface area contributed by atoms with Crippen molar-refractivity contribution in [3.8, 4) is 0 Å². The molecule has 3 amide bonds. The number of likely N-dealkylation sites (N-methyl/N-ethyl adjacent to an activating group) is 1. The zero-order valence-corrected chi connectivity index (χ0v) is 30.5. The van der Waals surface area contributed by atoms with Crippen LogP contribution in [0.3, 0.4) is 0 Å². The molecule has 7 rings (SSSR count). The van der Waals surface area contributed by atoms with Crippen molar-refractivity contribution in [1.29, 1.82) is 0 Å². The maximum absolute atomic E-state index is 13.2. The minimum atomic E-state index is -0.980. The SMILES string of the molecule is C[C@H](c1ccc2ccccc2c1)N(C)C[C@H]1C[C@@H](c2ccc(CO)cc2)O[C@@H](c2ccc(CN3C(=O)CC(NC(=O)OCc4ccccc4)C3=O)cc2)O1. The number of amides is 3. The first-order valence-corrected chi connectivity index (χ1v) is 18.3. The van der Waals surface area contributed by atoms with Crippen LogP contribution in [-0.2, 0) is 43.6 Å². The van der Waals surface area contributed by atoms with E-state index in [4.69, 9.17) is 14.2 Å². The molecule has 2 aliphatic rings. The summed E-state index contributed by atoms with van der Waals surface area (Å²) in [6.45, 7) is 2.98. The summed E-state index contributed by atoms with van der Waals surface area (Å²) in [4.78, 5) is 41.9. The molecule has 0 aliphatic carbocycles. The molecule has 278 valence electrons. The topological polar surface area (TPSA) is 118 Å². The van der Waals surface area contributed by atoms with Crippen LogP contribution in [0.5, 0.6) is 0 Å². The van der Waals surface area contributed by atoms with Gasteiger partial charge in [-0.15, -0.1) is 0 Å². The van der Waals surface area contributed by atoms with Crippen LogP contribution in [0.25, 0.3) is 10.8 Å². The number of ether oxygens (including phenoxy) is 3. The molecule has 1 unspecified atom stereocenters. The zero-order valence-electron chi connectivity index (χ0n) is 30.5. The molecule has 5 aromatic rings. The molecule has 0 spiro atoms. The Bertz CT molecular complexity index is 2070. The van der Waals surface area contributed by atoms with Gasteiger partial charge in [-0.2, -0.15) is 0 Å². The lowest BCUT2D eigenvalue weighted by Crippen LogP contribution is -2.41. The number of aliphatic hydroxyl groups excluding tert-OH is 1. The Labute approximate surface area is 315 Å². The Balaban J connectivity index is 1.01. The van der Waals surface area contributed by atoms with Gasteiger partial charge in [0.15, 0.2) is 6.29 Å². The molecule has 2 aliphatic heterocycles. The van der Waals surface area contributed by atoms with Gasteiger partial charge in [0.2, 0.25) is 5.91 Å². The van der Waals surface area contributed by atoms with E-state index < -0.39 is 24.3 Å². The molecule has 5 aromatic carbocycles. The Morgan fingerprint density at radius 2 is 1.54 bits per heavy atom. The summed E-state index contributed by atoms with van der Waals surface area (Å²) in [6, 6.07) is 38.7. The first-order chi connectivity index (χ1) is 26.2. The molecule has 2 heterocycles. The van der Waals surface area contributed by atoms with Crippen LogP contribution in [0.1, 0.15) is 71.6 Å². The number of likely N-dealkylation sites (tertiary alicyclic amines) is 1. The Kier molecular flexibility index (Phi) is 11.5. The molecular formula is C44H45N3O7. The first-order valence-electron chi connectivity index (χ1n) is 18.3. The highest BCUT2D eigenvalue weighted by Crippen LogP contribution is 2.39. The van der Waals surface area contributed by atoms with Gasteiger partial charge in [-0.05, 0) is 58.6 Å². The average molecular weight is 728 g/mol. The number of fused-ring (bicyclic) bond motifs is 1. The van der Waals surface area contributed by atoms with E-state index in [2.05, 4.69) is 66.7 Å². The summed E-state index contributed by atoms with van der Waals surface area (Å²) < 4.78 is 18.4. The van der Waals surface area contributed by atoms with Gasteiger partial charge in [0, 0.05) is 24.6 Å². The third-order valence-corrected chi connectivity index (χ3v) is 10.4. The van der Waals surface area contributed by atoms with Crippen molar-refractivity contribution in [1.82, 2.24) is 15.1 Å². The van der Waals surface area contributed by atoms with E-state index >= 15 is 0 Å². The minimum absolute atomic E-state index is 0.0307. The van der Waals surface area contributed by atoms with Crippen molar-refractivity contribution in [3.63, 3.8) is 0 Å². The predicted molar refractivity (Wildman–Crippen MR) is 204 cm³/mol. The lowest BCUT2D eigenvalue weighted by atomic mass is 9.98. The monoisotopic (exact) mass is 727 g/mol. The molecule has 2 N–H and O–H groups in total. The van der Waals surface area contributed by atoms with Crippen LogP contribution in [0.4, 0.5) is 4.79 Å². The van der Waals surface area contributed by atoms with Gasteiger partial charge < -0.3 is 24.6 Å². The van der Waals surface area contributed by atoms with Crippen molar-refractivity contribution >= 4 is 28.7 Å². The quantitative estimate of drug-likeness (QED) is 0.131. The van der Waals surface area contributed by atoms with Gasteiger partial charge >= 0.3 is 6.09 Å². The first kappa shape index (κ1) is 36.9. The number of nitrogens with one attached hydrogen (secondary N) is 1. The van der Waals surface area contributed by atoms with Gasteiger partial charge in [-0.3, -0.25) is 19.4 Å². The Morgan fingerprint density at radius 3 is 2.28 bits per heavy atom. The molecule has 0 saturated carbocycles. The second-order valence-electron chi connectivity index (χ2n) is 14.1. The van der Waals surface area contributed by atoms with Crippen molar-refractivity contribution < 1.29 is 33.7 Å². The fraction of sp³-hybridized carbons (Fsp3) is 0.295. The fourth-order valence-electron chi connectivity index (χ4n) is 7.07. The maximum Gasteiger partial charge on any atom is 0.408 e. The highest BCUT2D eigenvalue weighted by atomic mass is 16.7. The lowest BCUT2D eigenvalue weighted by molar-refractivity contribution is -0.253. The highest BCUT2D eigenvalue weighted by Gasteiger charge is 2.40. The number of rotatable bonds is 12. The maximum atomic E-state index is 13.2. The number of alkyl carbamates (subject to hydrolysis) is 1. The standard InChI is InChI=1S/C44H45N3O7/c1-29(36-21-20-33-10-6-7-11-37(33)22-36)46(2)26-38-23-40(34-16-14-31(27-48)15-17-34)54-43(53-38)35-18-12-30(13-19-35)25-47-41(49)24-39(42(47)50)45-44(51)52-28-32-8-4-3-5-9-32/h3-22,29,38-40,43,48H,23-28H2,1-2H3,(H,45,51)/t29-,38-,39?,40+,43+/m1/s1. The summed E-state index contributed by atoms with van der Waals surface area (Å²) in [5, 5.41) is 14.6. The molecule has 10 nitrogen and oxygen atoms in total. The number of imide groups is 1. The lowest BCUT2D eigenvalue weighted by Gasteiger charge is -2.39. The summed E-state index contributed by atoms with van der Waals surface area (Å²) in [7, 11) is 2.11. The van der Waals surface area contributed by atoms with E-state index in [0.717, 1.165) is 27.8 Å². The molecule has 5 atom stereocenters. The number of hydrogen-bond donors (Lipinski definition) is 2. The normalized spacial score (nSPS) is 20.7. The number of benzene rings is 5. The van der Waals surface area contributed by atoms with E-state index in [0.29, 0.717) is 13.0 Å². The van der Waals surface area contributed by atoms with E-state index in [1.54, 1.807) is 0 Å². The van der Waals surface area contributed by atoms with Gasteiger partial charge in [0.25, 0.3) is 5.91 Å². The molecular weight excluding hydrogens is 682 g/mol. The Morgan fingerprint density at radius 1 is 0.852 bits per heavy atom. The minimum Gasteiger partial charge on any atom is -0.445 e. The number of hydrogen-bond acceptors (Lipinski definition) is 8. The fourth-order valence-corrected chi connectivity index (χ4v) is 7.07. The Hall–Kier alpha value is -5.39. The van der Waals surface area contributed by atoms with Gasteiger partial charge in [0.1, 0.15) is 12.6 Å². The van der Waals surface area contributed by atoms with E-state index in [1.807, 2.05) is 78.9 Å². The molecule has 0 aromatic heterocycles. The average Bonchev–Trinajstić information content (AvgIpc) is 3.47. The molecule has 0 radical (unpaired) electrons. The highest BCUT2D eigenvalue weighted by molar-refractivity contribution is 6.06. The third-order valence-electron chi connectivity index (χ3n) is 10.4. The van der Waals surface area contributed by atoms with Gasteiger partial charge in [-0.1, -0.05) is 115 Å². The summed E-state index contributed by atoms with van der Waals surface area (Å²) in [6.07, 6.45) is -1.28. The van der Waals surface area contributed by atoms with Gasteiger partial charge in [-0.25, -0.2) is 4.79 Å². The second kappa shape index (κ2) is 16.7. The number of carbonyl (C=O) groups excluding carboxylic acids is 3. The van der Waals surface area contributed by atoms with E-state index in [1.165, 1.54) is 21.2 Å². The van der Waals surface area contributed by atoms with E-state index in [-0.39, 0.29) is 50.3 Å². The predicted octanol–water partition coefficient (Wildman–Crippen LogP) is 7.12. The van der Waals surface area contributed by atoms with Crippen LogP contribution in [0.15, 0.2) is 121 Å². The summed E-state index contributed by atoms with van der Waals surface area (Å²) in [5.41, 5.74) is 5.44. The van der Waals surface area contributed by atoms with Crippen LogP contribution in [0.2, 0.25) is 0 Å². The molecule has 0 bridgehead atoms. The third kappa shape index (κ3) is 8.69. The summed E-state index contributed by atoms with van der Waals surface area (Å²) in [5.74, 6) is -0.837. The molecule has 2 fully saturated rings. The smallest absolute Gasteiger partial charge is 0.408 e. The largest absolute Gasteiger partial charge is 0.445 e. The van der Waals surface area contributed by atoms with Crippen molar-refractivity contribution in [2.24, 2.45) is 0 Å². The van der Waals surface area contributed by atoms with Crippen LogP contribution < -0.4 is 5.32 Å². The van der Waals surface area contributed by atoms with Crippen LogP contribution >= 0.6 is 0 Å². The van der Waals surface area contributed by atoms with Crippen molar-refractivity contribution in [3.05, 3.63) is 155 Å². The summed E-state index contributed by atoms with van der Waals surface area (Å²) >= 11 is 0. The molecule has 10 heteroatoms. The zero-order chi connectivity index (χ0) is 37.6. The van der Waals surface area contributed by atoms with Gasteiger partial charge in [0.05, 0.1) is 31.8 Å². The number of nitrogens with zero attached hydrogens (tertiary/aromatic N) is 2. The van der Waals surface area contributed by atoms with Crippen LogP contribution in [0, 0.1) is 0 Å². The van der Waals surface area contributed by atoms with Crippen LogP contribution in [-0.4, -0.2) is 58.6 Å². The van der Waals surface area contributed by atoms with Crippen molar-refractivity contribution in [2.45, 2.75) is 70.1 Å². The number of carbonyl (C=O) groups is 3. The molecule has 2 saturated heterocycles. The second-order valence-corrected chi connectivity index (χ2v) is 14.1. The van der Waals surface area contributed by atoms with E-state index in [9.17, 15) is 19.5 Å².